The van der Waals surface area contributed by atoms with Crippen LogP contribution < -0.4 is 5.32 Å². The van der Waals surface area contributed by atoms with Crippen molar-refractivity contribution in [2.45, 2.75) is 32.7 Å². The van der Waals surface area contributed by atoms with Crippen LogP contribution >= 0.6 is 0 Å². The van der Waals surface area contributed by atoms with Crippen molar-refractivity contribution in [3.8, 4) is 11.1 Å². The van der Waals surface area contributed by atoms with Crippen molar-refractivity contribution < 1.29 is 9.53 Å². The van der Waals surface area contributed by atoms with E-state index in [9.17, 15) is 4.79 Å². The summed E-state index contributed by atoms with van der Waals surface area (Å²) in [5.41, 5.74) is 5.10. The number of aromatic nitrogens is 1. The average Bonchev–Trinajstić information content (AvgIpc) is 2.56. The number of aryl methyl sites for hydroxylation is 2. The number of nitrogens with zero attached hydrogens (tertiary/aromatic N) is 1. The van der Waals surface area contributed by atoms with Crippen LogP contribution in [0.5, 0.6) is 0 Å². The van der Waals surface area contributed by atoms with E-state index in [0.29, 0.717) is 18.9 Å². The number of amides is 1. The molecule has 1 aromatic heterocycles. The van der Waals surface area contributed by atoms with Gasteiger partial charge in [-0.3, -0.25) is 9.78 Å². The summed E-state index contributed by atoms with van der Waals surface area (Å²) in [5.74, 6) is -0.107. The van der Waals surface area contributed by atoms with Crippen molar-refractivity contribution in [2.75, 3.05) is 13.2 Å². The lowest BCUT2D eigenvalue weighted by Crippen LogP contribution is -2.39. The van der Waals surface area contributed by atoms with E-state index in [0.717, 1.165) is 24.0 Å². The number of benzene rings is 1. The summed E-state index contributed by atoms with van der Waals surface area (Å²) in [7, 11) is 0. The number of hydrogen-bond acceptors (Lipinski definition) is 3. The normalized spacial score (nSPS) is 15.4. The molecule has 120 valence electrons. The summed E-state index contributed by atoms with van der Waals surface area (Å²) in [6.45, 7) is 5.60. The lowest BCUT2D eigenvalue weighted by molar-refractivity contribution is 0.0694. The van der Waals surface area contributed by atoms with Gasteiger partial charge in [0, 0.05) is 31.0 Å². The van der Waals surface area contributed by atoms with Gasteiger partial charge < -0.3 is 10.1 Å². The molecule has 0 radical (unpaired) electrons. The highest BCUT2D eigenvalue weighted by molar-refractivity contribution is 5.92. The smallest absolute Gasteiger partial charge is 0.270 e. The monoisotopic (exact) mass is 310 g/mol. The highest BCUT2D eigenvalue weighted by Crippen LogP contribution is 2.23. The van der Waals surface area contributed by atoms with Crippen molar-refractivity contribution in [3.05, 3.63) is 53.3 Å². The van der Waals surface area contributed by atoms with Gasteiger partial charge in [0.15, 0.2) is 0 Å². The van der Waals surface area contributed by atoms with Crippen LogP contribution in [0.2, 0.25) is 0 Å². The Morgan fingerprint density at radius 3 is 2.61 bits per heavy atom. The molecule has 1 amide bonds. The van der Waals surface area contributed by atoms with Crippen LogP contribution in [0, 0.1) is 13.8 Å². The summed E-state index contributed by atoms with van der Waals surface area (Å²) in [4.78, 5) is 16.6. The van der Waals surface area contributed by atoms with Gasteiger partial charge in [-0.05, 0) is 43.9 Å². The largest absolute Gasteiger partial charge is 0.381 e. The molecule has 1 aliphatic heterocycles. The Labute approximate surface area is 136 Å². The van der Waals surface area contributed by atoms with Crippen LogP contribution in [0.4, 0.5) is 0 Å². The second-order valence-electron chi connectivity index (χ2n) is 6.11. The Morgan fingerprint density at radius 2 is 1.96 bits per heavy atom. The van der Waals surface area contributed by atoms with Gasteiger partial charge in [0.05, 0.1) is 0 Å². The lowest BCUT2D eigenvalue weighted by atomic mass is 10.00. The maximum atomic E-state index is 12.3. The number of carbonyl (C=O) groups is 1. The number of pyridine rings is 1. The number of carbonyl (C=O) groups excluding carboxylic acids is 1. The van der Waals surface area contributed by atoms with E-state index in [1.54, 1.807) is 12.3 Å². The van der Waals surface area contributed by atoms with Crippen molar-refractivity contribution in [1.29, 1.82) is 0 Å². The molecule has 4 heteroatoms. The van der Waals surface area contributed by atoms with Crippen LogP contribution in [0.25, 0.3) is 11.1 Å². The van der Waals surface area contributed by atoms with Crippen molar-refractivity contribution in [2.24, 2.45) is 0 Å². The van der Waals surface area contributed by atoms with E-state index in [1.807, 2.05) is 6.07 Å². The van der Waals surface area contributed by atoms with Crippen LogP contribution in [0.1, 0.15) is 34.5 Å². The zero-order valence-corrected chi connectivity index (χ0v) is 13.6. The molecule has 1 N–H and O–H groups in total. The quantitative estimate of drug-likeness (QED) is 0.946. The minimum absolute atomic E-state index is 0.107. The molecule has 0 atom stereocenters. The summed E-state index contributed by atoms with van der Waals surface area (Å²) >= 11 is 0. The molecule has 0 spiro atoms. The molecule has 1 fully saturated rings. The van der Waals surface area contributed by atoms with E-state index < -0.39 is 0 Å². The van der Waals surface area contributed by atoms with Gasteiger partial charge in [0.1, 0.15) is 5.69 Å². The Morgan fingerprint density at radius 1 is 1.17 bits per heavy atom. The van der Waals surface area contributed by atoms with Gasteiger partial charge in [-0.25, -0.2) is 0 Å². The van der Waals surface area contributed by atoms with Crippen LogP contribution in [0.3, 0.4) is 0 Å². The highest BCUT2D eigenvalue weighted by atomic mass is 16.5. The van der Waals surface area contributed by atoms with Crippen molar-refractivity contribution in [3.63, 3.8) is 0 Å². The second-order valence-corrected chi connectivity index (χ2v) is 6.11. The standard InChI is InChI=1S/C19H22N2O2/c1-13-3-5-17(14(2)11-13)15-4-6-18(20-12-15)19(22)21-16-7-9-23-10-8-16/h3-6,11-12,16H,7-10H2,1-2H3,(H,21,22). The van der Waals surface area contributed by atoms with Crippen LogP contribution in [-0.2, 0) is 4.74 Å². The van der Waals surface area contributed by atoms with Gasteiger partial charge in [0.25, 0.3) is 5.91 Å². The number of hydrogen-bond donors (Lipinski definition) is 1. The summed E-state index contributed by atoms with van der Waals surface area (Å²) in [5, 5.41) is 3.03. The van der Waals surface area contributed by atoms with Gasteiger partial charge in [-0.15, -0.1) is 0 Å². The second kappa shape index (κ2) is 6.92. The fourth-order valence-electron chi connectivity index (χ4n) is 2.93. The van der Waals surface area contributed by atoms with E-state index >= 15 is 0 Å². The maximum absolute atomic E-state index is 12.3. The zero-order valence-electron chi connectivity index (χ0n) is 13.6. The molecule has 2 aromatic rings. The van der Waals surface area contributed by atoms with Crippen molar-refractivity contribution >= 4 is 5.91 Å². The third kappa shape index (κ3) is 3.77. The average molecular weight is 310 g/mol. The minimum atomic E-state index is -0.107. The van der Waals surface area contributed by atoms with Gasteiger partial charge >= 0.3 is 0 Å². The number of nitrogens with one attached hydrogen (secondary N) is 1. The fourth-order valence-corrected chi connectivity index (χ4v) is 2.93. The molecule has 1 aromatic carbocycles. The lowest BCUT2D eigenvalue weighted by Gasteiger charge is -2.22. The Balaban J connectivity index is 1.72. The third-order valence-electron chi connectivity index (χ3n) is 4.25. The molecule has 0 unspecified atom stereocenters. The van der Waals surface area contributed by atoms with Gasteiger partial charge in [-0.2, -0.15) is 0 Å². The topological polar surface area (TPSA) is 51.2 Å². The van der Waals surface area contributed by atoms with Crippen LogP contribution in [0.15, 0.2) is 36.5 Å². The Kier molecular flexibility index (Phi) is 4.72. The van der Waals surface area contributed by atoms with E-state index in [-0.39, 0.29) is 11.9 Å². The molecule has 0 bridgehead atoms. The summed E-state index contributed by atoms with van der Waals surface area (Å²) in [6, 6.07) is 10.3. The predicted molar refractivity (Wildman–Crippen MR) is 90.5 cm³/mol. The first kappa shape index (κ1) is 15.7. The first-order chi connectivity index (χ1) is 11.1. The Hall–Kier alpha value is -2.20. The molecule has 4 nitrogen and oxygen atoms in total. The fraction of sp³-hybridized carbons (Fsp3) is 0.368. The zero-order chi connectivity index (χ0) is 16.2. The molecule has 2 heterocycles. The highest BCUT2D eigenvalue weighted by Gasteiger charge is 2.17. The van der Waals surface area contributed by atoms with Crippen molar-refractivity contribution in [1.82, 2.24) is 10.3 Å². The van der Waals surface area contributed by atoms with E-state index in [1.165, 1.54) is 11.1 Å². The number of ether oxygens (including phenoxy) is 1. The SMILES string of the molecule is Cc1ccc(-c2ccc(C(=O)NC3CCOCC3)nc2)c(C)c1. The molecule has 3 rings (SSSR count). The molecule has 0 saturated carbocycles. The number of rotatable bonds is 3. The van der Waals surface area contributed by atoms with E-state index in [4.69, 9.17) is 4.74 Å². The summed E-state index contributed by atoms with van der Waals surface area (Å²) < 4.78 is 5.30. The van der Waals surface area contributed by atoms with Crippen LogP contribution in [-0.4, -0.2) is 30.1 Å². The van der Waals surface area contributed by atoms with Gasteiger partial charge in [0.2, 0.25) is 0 Å². The molecule has 1 saturated heterocycles. The molecule has 23 heavy (non-hydrogen) atoms. The third-order valence-corrected chi connectivity index (χ3v) is 4.25. The molecular weight excluding hydrogens is 288 g/mol. The predicted octanol–water partition coefficient (Wildman–Crippen LogP) is 3.27. The Bertz CT molecular complexity index is 689. The molecule has 1 aliphatic rings. The van der Waals surface area contributed by atoms with E-state index in [2.05, 4.69) is 42.3 Å². The minimum Gasteiger partial charge on any atom is -0.381 e. The first-order valence-electron chi connectivity index (χ1n) is 8.06. The first-order valence-corrected chi connectivity index (χ1v) is 8.06. The summed E-state index contributed by atoms with van der Waals surface area (Å²) in [6.07, 6.45) is 3.51. The maximum Gasteiger partial charge on any atom is 0.270 e. The van der Waals surface area contributed by atoms with Gasteiger partial charge in [-0.1, -0.05) is 29.8 Å². The molecular formula is C19H22N2O2. The molecule has 0 aliphatic carbocycles.